The Kier molecular flexibility index (Phi) is 2.09. The highest BCUT2D eigenvalue weighted by molar-refractivity contribution is 7.18. The number of aromatic hydroxyl groups is 1. The van der Waals surface area contributed by atoms with Crippen molar-refractivity contribution in [3.63, 3.8) is 0 Å². The molecule has 0 spiro atoms. The first-order chi connectivity index (χ1) is 6.65. The number of thiazole rings is 1. The predicted octanol–water partition coefficient (Wildman–Crippen LogP) is 1.63. The lowest BCUT2D eigenvalue weighted by atomic mass is 10.3. The fraction of sp³-hybridized carbons (Fsp3) is 0.111. The Labute approximate surface area is 83.5 Å². The molecule has 0 bridgehead atoms. The number of hydrogen-bond donors (Lipinski definition) is 2. The quantitative estimate of drug-likeness (QED) is 0.788. The van der Waals surface area contributed by atoms with Crippen molar-refractivity contribution in [2.24, 2.45) is 0 Å². The average Bonchev–Trinajstić information content (AvgIpc) is 2.44. The Hall–Kier alpha value is -1.62. The third-order valence-corrected chi connectivity index (χ3v) is 2.75. The second kappa shape index (κ2) is 3.26. The Morgan fingerprint density at radius 1 is 1.50 bits per heavy atom. The van der Waals surface area contributed by atoms with Crippen LogP contribution in [0, 0.1) is 0 Å². The summed E-state index contributed by atoms with van der Waals surface area (Å²) in [5.41, 5.74) is 0.645. The molecule has 0 unspecified atom stereocenters. The van der Waals surface area contributed by atoms with E-state index < -0.39 is 5.97 Å². The van der Waals surface area contributed by atoms with Gasteiger partial charge in [-0.15, -0.1) is 11.3 Å². The Bertz CT molecular complexity index is 492. The van der Waals surface area contributed by atoms with Crippen molar-refractivity contribution < 1.29 is 15.0 Å². The number of benzene rings is 1. The van der Waals surface area contributed by atoms with Crippen molar-refractivity contribution >= 4 is 27.5 Å². The average molecular weight is 209 g/mol. The van der Waals surface area contributed by atoms with Crippen LogP contribution >= 0.6 is 11.3 Å². The van der Waals surface area contributed by atoms with Crippen molar-refractivity contribution in [3.8, 4) is 5.75 Å². The largest absolute Gasteiger partial charge is 0.508 e. The zero-order valence-corrected chi connectivity index (χ0v) is 7.91. The Morgan fingerprint density at radius 3 is 3.00 bits per heavy atom. The lowest BCUT2D eigenvalue weighted by molar-refractivity contribution is -0.136. The van der Waals surface area contributed by atoms with Crippen molar-refractivity contribution in [2.75, 3.05) is 0 Å². The number of carboxylic acids is 1. The minimum Gasteiger partial charge on any atom is -0.508 e. The molecule has 2 aromatic rings. The van der Waals surface area contributed by atoms with Gasteiger partial charge in [0.2, 0.25) is 0 Å². The van der Waals surface area contributed by atoms with Gasteiger partial charge in [0.05, 0.1) is 16.6 Å². The van der Waals surface area contributed by atoms with E-state index in [-0.39, 0.29) is 12.2 Å². The fourth-order valence-corrected chi connectivity index (χ4v) is 2.11. The molecule has 4 nitrogen and oxygen atoms in total. The van der Waals surface area contributed by atoms with Crippen molar-refractivity contribution in [3.05, 3.63) is 23.2 Å². The molecule has 0 saturated heterocycles. The highest BCUT2D eigenvalue weighted by Crippen LogP contribution is 2.25. The third-order valence-electron chi connectivity index (χ3n) is 1.72. The van der Waals surface area contributed by atoms with Crippen LogP contribution in [0.1, 0.15) is 5.01 Å². The molecule has 0 saturated carbocycles. The van der Waals surface area contributed by atoms with Gasteiger partial charge >= 0.3 is 5.97 Å². The number of fused-ring (bicyclic) bond motifs is 1. The van der Waals surface area contributed by atoms with Crippen LogP contribution in [0.2, 0.25) is 0 Å². The summed E-state index contributed by atoms with van der Waals surface area (Å²) in [6.07, 6.45) is -0.0693. The lowest BCUT2D eigenvalue weighted by Gasteiger charge is -1.88. The summed E-state index contributed by atoms with van der Waals surface area (Å²) >= 11 is 1.33. The number of aliphatic carboxylic acids is 1. The zero-order valence-electron chi connectivity index (χ0n) is 7.10. The van der Waals surface area contributed by atoms with E-state index in [2.05, 4.69) is 4.98 Å². The molecule has 5 heteroatoms. The highest BCUT2D eigenvalue weighted by Gasteiger charge is 2.07. The van der Waals surface area contributed by atoms with Crippen molar-refractivity contribution in [1.29, 1.82) is 0 Å². The van der Waals surface area contributed by atoms with Crippen LogP contribution in [0.25, 0.3) is 10.2 Å². The van der Waals surface area contributed by atoms with Crippen LogP contribution in [0.4, 0.5) is 0 Å². The van der Waals surface area contributed by atoms with E-state index in [0.717, 1.165) is 4.70 Å². The maximum atomic E-state index is 10.4. The number of nitrogens with zero attached hydrogens (tertiary/aromatic N) is 1. The number of carbonyl (C=O) groups is 1. The smallest absolute Gasteiger partial charge is 0.310 e. The number of rotatable bonds is 2. The molecule has 14 heavy (non-hydrogen) atoms. The van der Waals surface area contributed by atoms with E-state index in [4.69, 9.17) is 10.2 Å². The number of phenolic OH excluding ortho intramolecular Hbond substituents is 1. The molecule has 72 valence electrons. The van der Waals surface area contributed by atoms with Crippen LogP contribution in [0.3, 0.4) is 0 Å². The second-order valence-corrected chi connectivity index (χ2v) is 3.95. The third kappa shape index (κ3) is 1.67. The van der Waals surface area contributed by atoms with E-state index in [1.165, 1.54) is 17.4 Å². The minimum atomic E-state index is -0.895. The van der Waals surface area contributed by atoms with Crippen LogP contribution in [0.15, 0.2) is 18.2 Å². The van der Waals surface area contributed by atoms with Gasteiger partial charge < -0.3 is 10.2 Å². The van der Waals surface area contributed by atoms with Gasteiger partial charge in [0.25, 0.3) is 0 Å². The van der Waals surface area contributed by atoms with Gasteiger partial charge in [0.15, 0.2) is 0 Å². The maximum absolute atomic E-state index is 10.4. The van der Waals surface area contributed by atoms with E-state index in [1.54, 1.807) is 12.1 Å². The zero-order chi connectivity index (χ0) is 10.1. The molecule has 0 aliphatic rings. The normalized spacial score (nSPS) is 10.6. The summed E-state index contributed by atoms with van der Waals surface area (Å²) in [6, 6.07) is 4.82. The lowest BCUT2D eigenvalue weighted by Crippen LogP contribution is -1.98. The predicted molar refractivity (Wildman–Crippen MR) is 52.6 cm³/mol. The number of aromatic nitrogens is 1. The molecule has 1 heterocycles. The summed E-state index contributed by atoms with van der Waals surface area (Å²) in [5, 5.41) is 18.3. The fourth-order valence-electron chi connectivity index (χ4n) is 1.17. The minimum absolute atomic E-state index is 0.0693. The van der Waals surface area contributed by atoms with Crippen LogP contribution in [-0.2, 0) is 11.2 Å². The van der Waals surface area contributed by atoms with Crippen LogP contribution < -0.4 is 0 Å². The van der Waals surface area contributed by atoms with Crippen molar-refractivity contribution in [1.82, 2.24) is 4.98 Å². The molecule has 0 aliphatic carbocycles. The molecule has 0 aliphatic heterocycles. The summed E-state index contributed by atoms with van der Waals surface area (Å²) in [5.74, 6) is -0.752. The van der Waals surface area contributed by atoms with E-state index in [9.17, 15) is 4.79 Å². The second-order valence-electron chi connectivity index (χ2n) is 2.83. The van der Waals surface area contributed by atoms with E-state index >= 15 is 0 Å². The van der Waals surface area contributed by atoms with Gasteiger partial charge in [-0.25, -0.2) is 4.98 Å². The molecule has 0 fully saturated rings. The molecule has 0 atom stereocenters. The molecule has 2 N–H and O–H groups in total. The molecule has 0 radical (unpaired) electrons. The number of hydrogen-bond acceptors (Lipinski definition) is 4. The standard InChI is InChI=1S/C9H7NO3S/c11-5-1-2-7-6(3-5)10-8(14-7)4-9(12)13/h1-3,11H,4H2,(H,12,13). The molecule has 0 amide bonds. The molecular weight excluding hydrogens is 202 g/mol. The van der Waals surface area contributed by atoms with Gasteiger partial charge in [-0.2, -0.15) is 0 Å². The van der Waals surface area contributed by atoms with Gasteiger partial charge in [0, 0.05) is 6.07 Å². The van der Waals surface area contributed by atoms with Gasteiger partial charge in [-0.05, 0) is 12.1 Å². The summed E-state index contributed by atoms with van der Waals surface area (Å²) in [7, 11) is 0. The molecule has 2 rings (SSSR count). The molecular formula is C9H7NO3S. The molecule has 1 aromatic heterocycles. The van der Waals surface area contributed by atoms with Crippen LogP contribution in [-0.4, -0.2) is 21.2 Å². The first-order valence-electron chi connectivity index (χ1n) is 3.95. The highest BCUT2D eigenvalue weighted by atomic mass is 32.1. The van der Waals surface area contributed by atoms with Gasteiger partial charge in [-0.1, -0.05) is 0 Å². The number of carboxylic acid groups (broad SMARTS) is 1. The van der Waals surface area contributed by atoms with E-state index in [0.29, 0.717) is 10.5 Å². The van der Waals surface area contributed by atoms with Gasteiger partial charge in [0.1, 0.15) is 10.8 Å². The van der Waals surface area contributed by atoms with Crippen LogP contribution in [0.5, 0.6) is 5.75 Å². The topological polar surface area (TPSA) is 70.4 Å². The maximum Gasteiger partial charge on any atom is 0.310 e. The molecule has 1 aromatic carbocycles. The Balaban J connectivity index is 2.46. The van der Waals surface area contributed by atoms with Gasteiger partial charge in [-0.3, -0.25) is 4.79 Å². The summed E-state index contributed by atoms with van der Waals surface area (Å²) in [6.45, 7) is 0. The summed E-state index contributed by atoms with van der Waals surface area (Å²) in [4.78, 5) is 14.5. The monoisotopic (exact) mass is 209 g/mol. The summed E-state index contributed by atoms with van der Waals surface area (Å²) < 4.78 is 0.888. The first-order valence-corrected chi connectivity index (χ1v) is 4.77. The van der Waals surface area contributed by atoms with Crippen molar-refractivity contribution in [2.45, 2.75) is 6.42 Å². The Morgan fingerprint density at radius 2 is 2.29 bits per heavy atom. The first kappa shape index (κ1) is 8.96. The SMILES string of the molecule is O=C(O)Cc1nc2cc(O)ccc2s1. The number of phenols is 1. The van der Waals surface area contributed by atoms with E-state index in [1.807, 2.05) is 0 Å².